The fraction of sp³-hybridized carbons (Fsp3) is 0.150. The largest absolute Gasteiger partial charge is 0.497 e. The number of rotatable bonds is 6. The molecule has 0 aliphatic rings. The third kappa shape index (κ3) is 3.88. The van der Waals surface area contributed by atoms with Gasteiger partial charge >= 0.3 is 0 Å². The molecule has 0 aliphatic heterocycles. The number of halogens is 1. The van der Waals surface area contributed by atoms with Crippen LogP contribution in [0.25, 0.3) is 11.0 Å². The molecule has 29 heavy (non-hydrogen) atoms. The second kappa shape index (κ2) is 7.84. The molecule has 148 valence electrons. The summed E-state index contributed by atoms with van der Waals surface area (Å²) in [6, 6.07) is 12.9. The number of aryl methyl sites for hydroxylation is 1. The maximum atomic E-state index is 5.98. The molecule has 2 aromatic carbocycles. The van der Waals surface area contributed by atoms with Crippen molar-refractivity contribution in [1.29, 1.82) is 0 Å². The predicted octanol–water partition coefficient (Wildman–Crippen LogP) is 4.52. The van der Waals surface area contributed by atoms with Gasteiger partial charge in [-0.1, -0.05) is 11.6 Å². The number of fused-ring (bicyclic) bond motifs is 1. The van der Waals surface area contributed by atoms with Crippen LogP contribution in [0.3, 0.4) is 0 Å². The first-order valence-corrected chi connectivity index (χ1v) is 9.16. The lowest BCUT2D eigenvalue weighted by atomic mass is 10.2. The number of benzene rings is 2. The van der Waals surface area contributed by atoms with Crippen molar-refractivity contribution >= 4 is 45.8 Å². The third-order valence-electron chi connectivity index (χ3n) is 4.35. The van der Waals surface area contributed by atoms with Gasteiger partial charge in [0.15, 0.2) is 5.65 Å². The molecule has 0 fully saturated rings. The highest BCUT2D eigenvalue weighted by Gasteiger charge is 2.14. The van der Waals surface area contributed by atoms with Gasteiger partial charge in [0.25, 0.3) is 0 Å². The van der Waals surface area contributed by atoms with Gasteiger partial charge in [-0.3, -0.25) is 4.68 Å². The molecule has 2 N–H and O–H groups in total. The van der Waals surface area contributed by atoms with Crippen LogP contribution in [-0.2, 0) is 7.05 Å². The maximum absolute atomic E-state index is 5.98. The minimum Gasteiger partial charge on any atom is -0.497 e. The lowest BCUT2D eigenvalue weighted by Gasteiger charge is -2.13. The molecule has 4 rings (SSSR count). The van der Waals surface area contributed by atoms with Crippen molar-refractivity contribution in [3.05, 3.63) is 53.7 Å². The molecule has 8 nitrogen and oxygen atoms in total. The van der Waals surface area contributed by atoms with Crippen LogP contribution in [-0.4, -0.2) is 34.0 Å². The molecular formula is C20H19ClN6O2. The molecule has 0 unspecified atom stereocenters. The summed E-state index contributed by atoms with van der Waals surface area (Å²) in [5, 5.41) is 12.3. The Morgan fingerprint density at radius 1 is 0.966 bits per heavy atom. The molecule has 0 saturated carbocycles. The molecule has 0 radical (unpaired) electrons. The van der Waals surface area contributed by atoms with E-state index in [1.165, 1.54) is 0 Å². The average molecular weight is 411 g/mol. The summed E-state index contributed by atoms with van der Waals surface area (Å²) in [5.41, 5.74) is 2.25. The Kier molecular flexibility index (Phi) is 5.09. The first kappa shape index (κ1) is 18.8. The first-order chi connectivity index (χ1) is 14.1. The lowest BCUT2D eigenvalue weighted by molar-refractivity contribution is 0.395. The molecule has 2 aromatic heterocycles. The van der Waals surface area contributed by atoms with Crippen molar-refractivity contribution < 1.29 is 9.47 Å². The normalized spacial score (nSPS) is 10.8. The van der Waals surface area contributed by atoms with E-state index in [1.54, 1.807) is 31.2 Å². The summed E-state index contributed by atoms with van der Waals surface area (Å²) in [7, 11) is 5.04. The van der Waals surface area contributed by atoms with E-state index in [2.05, 4.69) is 25.7 Å². The Hall–Kier alpha value is -3.52. The molecule has 2 heterocycles. The molecule has 0 saturated heterocycles. The molecule has 4 aromatic rings. The average Bonchev–Trinajstić information content (AvgIpc) is 3.11. The van der Waals surface area contributed by atoms with Gasteiger partial charge in [-0.2, -0.15) is 15.1 Å². The van der Waals surface area contributed by atoms with Crippen LogP contribution in [0, 0.1) is 0 Å². The van der Waals surface area contributed by atoms with Gasteiger partial charge in [0.1, 0.15) is 17.3 Å². The van der Waals surface area contributed by atoms with Crippen LogP contribution in [0.15, 0.2) is 48.7 Å². The zero-order valence-corrected chi connectivity index (χ0v) is 16.9. The van der Waals surface area contributed by atoms with E-state index in [0.29, 0.717) is 39.6 Å². The molecule has 9 heteroatoms. The fourth-order valence-electron chi connectivity index (χ4n) is 2.87. The second-order valence-electron chi connectivity index (χ2n) is 6.22. The minimum absolute atomic E-state index is 0.404. The van der Waals surface area contributed by atoms with Crippen LogP contribution >= 0.6 is 11.6 Å². The maximum Gasteiger partial charge on any atom is 0.231 e. The van der Waals surface area contributed by atoms with E-state index in [4.69, 9.17) is 21.1 Å². The van der Waals surface area contributed by atoms with Crippen molar-refractivity contribution in [1.82, 2.24) is 19.7 Å². The number of hydrogen-bond donors (Lipinski definition) is 2. The summed E-state index contributed by atoms with van der Waals surface area (Å²) < 4.78 is 12.4. The Morgan fingerprint density at radius 2 is 1.76 bits per heavy atom. The predicted molar refractivity (Wildman–Crippen MR) is 114 cm³/mol. The van der Waals surface area contributed by atoms with Gasteiger partial charge in [0.2, 0.25) is 5.95 Å². The molecule has 0 atom stereocenters. The third-order valence-corrected chi connectivity index (χ3v) is 4.61. The zero-order chi connectivity index (χ0) is 20.4. The summed E-state index contributed by atoms with van der Waals surface area (Å²) >= 11 is 5.98. The van der Waals surface area contributed by atoms with E-state index in [1.807, 2.05) is 43.4 Å². The highest BCUT2D eigenvalue weighted by Crippen LogP contribution is 2.32. The van der Waals surface area contributed by atoms with E-state index in [0.717, 1.165) is 11.1 Å². The van der Waals surface area contributed by atoms with Gasteiger partial charge in [0.05, 0.1) is 31.5 Å². The van der Waals surface area contributed by atoms with E-state index in [-0.39, 0.29) is 0 Å². The SMILES string of the molecule is COc1ccc(Nc2nc(Nc3ccc(Cl)cc3)c3cnn(C)c3n2)c(OC)c1. The first-order valence-electron chi connectivity index (χ1n) is 8.79. The van der Waals surface area contributed by atoms with Crippen molar-refractivity contribution in [2.45, 2.75) is 0 Å². The highest BCUT2D eigenvalue weighted by molar-refractivity contribution is 6.30. The second-order valence-corrected chi connectivity index (χ2v) is 6.66. The van der Waals surface area contributed by atoms with Gasteiger partial charge in [-0.25, -0.2) is 0 Å². The lowest BCUT2D eigenvalue weighted by Crippen LogP contribution is -2.04. The quantitative estimate of drug-likeness (QED) is 0.483. The van der Waals surface area contributed by atoms with Crippen LogP contribution in [0.5, 0.6) is 11.5 Å². The van der Waals surface area contributed by atoms with Crippen molar-refractivity contribution in [2.24, 2.45) is 7.05 Å². The molecule has 0 aliphatic carbocycles. The Balaban J connectivity index is 1.73. The summed E-state index contributed by atoms with van der Waals surface area (Å²) in [6.45, 7) is 0. The summed E-state index contributed by atoms with van der Waals surface area (Å²) in [6.07, 6.45) is 1.73. The van der Waals surface area contributed by atoms with E-state index in [9.17, 15) is 0 Å². The monoisotopic (exact) mass is 410 g/mol. The van der Waals surface area contributed by atoms with Crippen molar-refractivity contribution in [3.8, 4) is 11.5 Å². The number of hydrogen-bond acceptors (Lipinski definition) is 7. The number of anilines is 4. The molecular weight excluding hydrogens is 392 g/mol. The van der Waals surface area contributed by atoms with E-state index >= 15 is 0 Å². The van der Waals surface area contributed by atoms with Gasteiger partial charge in [-0.05, 0) is 36.4 Å². The molecule has 0 bridgehead atoms. The van der Waals surface area contributed by atoms with Crippen LogP contribution < -0.4 is 20.1 Å². The van der Waals surface area contributed by atoms with Gasteiger partial charge < -0.3 is 20.1 Å². The number of methoxy groups -OCH3 is 2. The molecule has 0 amide bonds. The van der Waals surface area contributed by atoms with Crippen LogP contribution in [0.2, 0.25) is 5.02 Å². The summed E-state index contributed by atoms with van der Waals surface area (Å²) in [4.78, 5) is 9.23. The zero-order valence-electron chi connectivity index (χ0n) is 16.1. The smallest absolute Gasteiger partial charge is 0.231 e. The number of nitrogens with zero attached hydrogens (tertiary/aromatic N) is 4. The van der Waals surface area contributed by atoms with E-state index < -0.39 is 0 Å². The van der Waals surface area contributed by atoms with Crippen molar-refractivity contribution in [2.75, 3.05) is 24.9 Å². The minimum atomic E-state index is 0.404. The van der Waals surface area contributed by atoms with Crippen molar-refractivity contribution in [3.63, 3.8) is 0 Å². The van der Waals surface area contributed by atoms with Crippen LogP contribution in [0.4, 0.5) is 23.1 Å². The van der Waals surface area contributed by atoms with Gasteiger partial charge in [0, 0.05) is 23.8 Å². The van der Waals surface area contributed by atoms with Crippen LogP contribution in [0.1, 0.15) is 0 Å². The topological polar surface area (TPSA) is 86.1 Å². The fourth-order valence-corrected chi connectivity index (χ4v) is 2.99. The Bertz CT molecular complexity index is 1160. The standard InChI is InChI=1S/C20H19ClN6O2/c1-27-19-15(11-22-27)18(23-13-6-4-12(21)5-7-13)25-20(26-19)24-16-9-8-14(28-2)10-17(16)29-3/h4-11H,1-3H3,(H2,23,24,25,26). The highest BCUT2D eigenvalue weighted by atomic mass is 35.5. The number of ether oxygens (including phenoxy) is 2. The Morgan fingerprint density at radius 3 is 2.48 bits per heavy atom. The molecule has 0 spiro atoms. The summed E-state index contributed by atoms with van der Waals surface area (Å²) in [5.74, 6) is 2.34. The van der Waals surface area contributed by atoms with Gasteiger partial charge in [-0.15, -0.1) is 0 Å². The number of aromatic nitrogens is 4. The number of nitrogens with one attached hydrogen (secondary N) is 2. The Labute approximate surface area is 172 Å².